The van der Waals surface area contributed by atoms with Crippen LogP contribution in [0.4, 0.5) is 5.82 Å². The van der Waals surface area contributed by atoms with Gasteiger partial charge in [-0.05, 0) is 44.7 Å². The molecule has 0 spiro atoms. The smallest absolute Gasteiger partial charge is 0.295 e. The van der Waals surface area contributed by atoms with Gasteiger partial charge in [-0.1, -0.05) is 0 Å². The van der Waals surface area contributed by atoms with Crippen molar-refractivity contribution in [1.29, 1.82) is 0 Å². The molecule has 1 unspecified atom stereocenters. The molecule has 4 heterocycles. The van der Waals surface area contributed by atoms with Gasteiger partial charge in [-0.3, -0.25) is 14.2 Å². The number of pyridine rings is 1. The molecule has 8 heteroatoms. The van der Waals surface area contributed by atoms with Crippen molar-refractivity contribution >= 4 is 22.9 Å². The van der Waals surface area contributed by atoms with Gasteiger partial charge in [0.05, 0.1) is 6.10 Å². The number of rotatable bonds is 5. The number of hydrogen-bond donors (Lipinski definition) is 1. The summed E-state index contributed by atoms with van der Waals surface area (Å²) >= 11 is 0. The Hall–Kier alpha value is -2.48. The zero-order valence-electron chi connectivity index (χ0n) is 16.3. The van der Waals surface area contributed by atoms with Gasteiger partial charge >= 0.3 is 0 Å². The number of carbonyl (C=O) groups is 1. The summed E-state index contributed by atoms with van der Waals surface area (Å²) in [5.74, 6) is 0.533. The van der Waals surface area contributed by atoms with Crippen molar-refractivity contribution in [2.45, 2.75) is 45.3 Å². The van der Waals surface area contributed by atoms with Gasteiger partial charge in [-0.15, -0.1) is 0 Å². The Morgan fingerprint density at radius 1 is 1.32 bits per heavy atom. The number of nitrogens with one attached hydrogen (secondary N) is 1. The van der Waals surface area contributed by atoms with Gasteiger partial charge in [-0.25, -0.2) is 9.97 Å². The number of carbonyl (C=O) groups excluding carboxylic acids is 1. The predicted molar refractivity (Wildman–Crippen MR) is 106 cm³/mol. The van der Waals surface area contributed by atoms with E-state index in [9.17, 15) is 9.59 Å². The zero-order valence-corrected chi connectivity index (χ0v) is 16.3. The van der Waals surface area contributed by atoms with Gasteiger partial charge in [0, 0.05) is 44.9 Å². The molecule has 1 amide bonds. The average Bonchev–Trinajstić information content (AvgIpc) is 3.25. The first kappa shape index (κ1) is 18.9. The molecule has 2 aromatic heterocycles. The number of aryl methyl sites for hydroxylation is 1. The van der Waals surface area contributed by atoms with Gasteiger partial charge in [0.15, 0.2) is 11.5 Å². The van der Waals surface area contributed by atoms with Crippen LogP contribution >= 0.6 is 0 Å². The zero-order chi connectivity index (χ0) is 19.5. The van der Waals surface area contributed by atoms with E-state index in [1.807, 2.05) is 24.0 Å². The second-order valence-electron chi connectivity index (χ2n) is 7.47. The van der Waals surface area contributed by atoms with Crippen LogP contribution in [0.15, 0.2) is 23.1 Å². The van der Waals surface area contributed by atoms with Crippen LogP contribution in [0, 0.1) is 5.92 Å². The Labute approximate surface area is 163 Å². The normalized spacial score (nSPS) is 20.6. The van der Waals surface area contributed by atoms with E-state index >= 15 is 0 Å². The third kappa shape index (κ3) is 3.73. The van der Waals surface area contributed by atoms with E-state index in [1.54, 1.807) is 10.8 Å². The number of anilines is 1. The molecule has 150 valence electrons. The fraction of sp³-hybridized carbons (Fsp3) is 0.600. The van der Waals surface area contributed by atoms with Crippen LogP contribution in [-0.4, -0.2) is 52.8 Å². The molecule has 2 aromatic rings. The van der Waals surface area contributed by atoms with Gasteiger partial charge < -0.3 is 15.0 Å². The maximum Gasteiger partial charge on any atom is 0.295 e. The molecule has 28 heavy (non-hydrogen) atoms. The van der Waals surface area contributed by atoms with Crippen LogP contribution < -0.4 is 15.8 Å². The highest BCUT2D eigenvalue weighted by Gasteiger charge is 2.28. The molecule has 2 fully saturated rings. The molecule has 1 N–H and O–H groups in total. The van der Waals surface area contributed by atoms with Crippen LogP contribution in [0.1, 0.15) is 32.6 Å². The van der Waals surface area contributed by atoms with Crippen molar-refractivity contribution in [3.8, 4) is 0 Å². The number of piperidine rings is 1. The van der Waals surface area contributed by atoms with E-state index in [-0.39, 0.29) is 23.5 Å². The summed E-state index contributed by atoms with van der Waals surface area (Å²) < 4.78 is 7.23. The molecule has 1 atom stereocenters. The second kappa shape index (κ2) is 8.26. The van der Waals surface area contributed by atoms with Gasteiger partial charge in [0.25, 0.3) is 5.56 Å². The summed E-state index contributed by atoms with van der Waals surface area (Å²) in [6, 6.07) is 3.71. The molecule has 4 rings (SSSR count). The van der Waals surface area contributed by atoms with E-state index in [2.05, 4.69) is 15.3 Å². The number of fused-ring (bicyclic) bond motifs is 1. The molecule has 0 saturated carbocycles. The van der Waals surface area contributed by atoms with Crippen LogP contribution in [0.25, 0.3) is 11.2 Å². The van der Waals surface area contributed by atoms with Crippen LogP contribution in [-0.2, 0) is 16.1 Å². The largest absolute Gasteiger partial charge is 0.376 e. The molecule has 2 aliphatic rings. The first-order valence-corrected chi connectivity index (χ1v) is 10.2. The Morgan fingerprint density at radius 2 is 2.14 bits per heavy atom. The van der Waals surface area contributed by atoms with Crippen molar-refractivity contribution in [3.63, 3.8) is 0 Å². The summed E-state index contributed by atoms with van der Waals surface area (Å²) in [6.07, 6.45) is 5.36. The van der Waals surface area contributed by atoms with E-state index < -0.39 is 0 Å². The number of nitrogens with zero attached hydrogens (tertiary/aromatic N) is 4. The van der Waals surface area contributed by atoms with Gasteiger partial charge in [0.1, 0.15) is 5.52 Å². The summed E-state index contributed by atoms with van der Waals surface area (Å²) in [5, 5.41) is 3.03. The van der Waals surface area contributed by atoms with Crippen molar-refractivity contribution in [1.82, 2.24) is 19.9 Å². The minimum absolute atomic E-state index is 0.0202. The first-order chi connectivity index (χ1) is 13.7. The number of ether oxygens (including phenoxy) is 1. The van der Waals surface area contributed by atoms with Crippen molar-refractivity contribution < 1.29 is 9.53 Å². The predicted octanol–water partition coefficient (Wildman–Crippen LogP) is 1.32. The quantitative estimate of drug-likeness (QED) is 0.835. The minimum Gasteiger partial charge on any atom is -0.376 e. The minimum atomic E-state index is -0.116. The summed E-state index contributed by atoms with van der Waals surface area (Å²) in [5.41, 5.74) is 1.22. The second-order valence-corrected chi connectivity index (χ2v) is 7.47. The molecule has 0 aromatic carbocycles. The third-order valence-electron chi connectivity index (χ3n) is 5.69. The van der Waals surface area contributed by atoms with Crippen LogP contribution in [0.3, 0.4) is 0 Å². The fourth-order valence-corrected chi connectivity index (χ4v) is 4.08. The first-order valence-electron chi connectivity index (χ1n) is 10.2. The third-order valence-corrected chi connectivity index (χ3v) is 5.69. The highest BCUT2D eigenvalue weighted by molar-refractivity contribution is 5.79. The lowest BCUT2D eigenvalue weighted by molar-refractivity contribution is -0.126. The van der Waals surface area contributed by atoms with Crippen molar-refractivity contribution in [3.05, 3.63) is 28.7 Å². The van der Waals surface area contributed by atoms with Crippen LogP contribution in [0.5, 0.6) is 0 Å². The standard InChI is InChI=1S/C20H27N5O3/c1-2-25-17-16(6-3-9-21-17)23-18(20(25)27)24-10-7-14(8-11-24)19(26)22-13-15-5-4-12-28-15/h3,6,9,14-15H,2,4-5,7-8,10-13H2,1H3,(H,22,26). The van der Waals surface area contributed by atoms with E-state index in [1.165, 1.54) is 0 Å². The Kier molecular flexibility index (Phi) is 5.57. The van der Waals surface area contributed by atoms with E-state index in [4.69, 9.17) is 4.74 Å². The molecule has 8 nitrogen and oxygen atoms in total. The molecule has 0 radical (unpaired) electrons. The lowest BCUT2D eigenvalue weighted by Gasteiger charge is -2.32. The maximum atomic E-state index is 12.9. The van der Waals surface area contributed by atoms with Crippen molar-refractivity contribution in [2.24, 2.45) is 5.92 Å². The summed E-state index contributed by atoms with van der Waals surface area (Å²) in [6.45, 7) is 5.17. The molecule has 0 bridgehead atoms. The monoisotopic (exact) mass is 385 g/mol. The van der Waals surface area contributed by atoms with Gasteiger partial charge in [0.2, 0.25) is 5.91 Å². The highest BCUT2D eigenvalue weighted by atomic mass is 16.5. The maximum absolute atomic E-state index is 12.9. The topological polar surface area (TPSA) is 89.4 Å². The molecular formula is C20H27N5O3. The van der Waals surface area contributed by atoms with Gasteiger partial charge in [-0.2, -0.15) is 0 Å². The summed E-state index contributed by atoms with van der Waals surface area (Å²) in [4.78, 5) is 36.3. The molecule has 2 aliphatic heterocycles. The average molecular weight is 385 g/mol. The number of aromatic nitrogens is 3. The van der Waals surface area contributed by atoms with Crippen molar-refractivity contribution in [2.75, 3.05) is 31.1 Å². The number of hydrogen-bond acceptors (Lipinski definition) is 6. The fourth-order valence-electron chi connectivity index (χ4n) is 4.08. The molecule has 0 aliphatic carbocycles. The molecule has 2 saturated heterocycles. The Balaban J connectivity index is 1.43. The highest BCUT2D eigenvalue weighted by Crippen LogP contribution is 2.22. The van der Waals surface area contributed by atoms with Crippen LogP contribution in [0.2, 0.25) is 0 Å². The lowest BCUT2D eigenvalue weighted by Crippen LogP contribution is -2.44. The van der Waals surface area contributed by atoms with E-state index in [0.717, 1.165) is 37.8 Å². The SMILES string of the molecule is CCn1c(=O)c(N2CCC(C(=O)NCC3CCCO3)CC2)nc2cccnc21. The Morgan fingerprint density at radius 3 is 2.86 bits per heavy atom. The summed E-state index contributed by atoms with van der Waals surface area (Å²) in [7, 11) is 0. The van der Waals surface area contributed by atoms with E-state index in [0.29, 0.717) is 37.6 Å². The number of amides is 1. The Bertz CT molecular complexity index is 898. The molecular weight excluding hydrogens is 358 g/mol. The lowest BCUT2D eigenvalue weighted by atomic mass is 9.96.